The molecule has 0 unspecified atom stereocenters. The molecular formula is C14H20N6O2S. The zero-order valence-electron chi connectivity index (χ0n) is 13.1. The second kappa shape index (κ2) is 10.5. The van der Waals surface area contributed by atoms with Gasteiger partial charge >= 0.3 is 5.69 Å². The number of hydrogen-bond acceptors (Lipinski definition) is 6. The van der Waals surface area contributed by atoms with E-state index in [-0.39, 0.29) is 30.2 Å². The third-order valence-corrected chi connectivity index (χ3v) is 4.08. The van der Waals surface area contributed by atoms with Crippen molar-refractivity contribution in [2.45, 2.75) is 44.3 Å². The van der Waals surface area contributed by atoms with Crippen LogP contribution in [0, 0.1) is 22.7 Å². The number of carbonyl (C=O) groups excluding carboxylic acids is 1. The lowest BCUT2D eigenvalue weighted by molar-refractivity contribution is -0.128. The van der Waals surface area contributed by atoms with Gasteiger partial charge < -0.3 is 4.90 Å². The van der Waals surface area contributed by atoms with Crippen LogP contribution in [0.4, 0.5) is 0 Å². The van der Waals surface area contributed by atoms with E-state index in [0.717, 1.165) is 12.8 Å². The predicted octanol–water partition coefficient (Wildman–Crippen LogP) is 1.12. The van der Waals surface area contributed by atoms with Crippen molar-refractivity contribution >= 4 is 17.7 Å². The molecule has 9 heteroatoms. The van der Waals surface area contributed by atoms with Crippen molar-refractivity contribution in [2.75, 3.05) is 18.8 Å². The maximum Gasteiger partial charge on any atom is 0.343 e. The number of aromatic nitrogens is 3. The van der Waals surface area contributed by atoms with E-state index < -0.39 is 0 Å². The van der Waals surface area contributed by atoms with E-state index >= 15 is 0 Å². The molecule has 0 aliphatic rings. The van der Waals surface area contributed by atoms with E-state index in [2.05, 4.69) is 10.2 Å². The van der Waals surface area contributed by atoms with Crippen molar-refractivity contribution in [2.24, 2.45) is 0 Å². The fraction of sp³-hybridized carbons (Fsp3) is 0.643. The predicted molar refractivity (Wildman–Crippen MR) is 85.5 cm³/mol. The molecule has 0 aliphatic carbocycles. The van der Waals surface area contributed by atoms with Crippen molar-refractivity contribution in [3.05, 3.63) is 10.5 Å². The molecule has 0 aromatic carbocycles. The number of H-pyrrole nitrogens is 1. The number of rotatable bonds is 10. The number of nitrogens with one attached hydrogen (secondary N) is 1. The molecule has 1 aromatic heterocycles. The highest BCUT2D eigenvalue weighted by molar-refractivity contribution is 7.99. The number of thioether (sulfide) groups is 1. The number of nitrogens with zero attached hydrogens (tertiary/aromatic N) is 5. The quantitative estimate of drug-likeness (QED) is 0.640. The second-order valence-corrected chi connectivity index (χ2v) is 5.74. The molecular weight excluding hydrogens is 316 g/mol. The fourth-order valence-electron chi connectivity index (χ4n) is 1.88. The lowest BCUT2D eigenvalue weighted by Gasteiger charge is -2.19. The summed E-state index contributed by atoms with van der Waals surface area (Å²) in [7, 11) is 0. The largest absolute Gasteiger partial charge is 0.343 e. The van der Waals surface area contributed by atoms with Gasteiger partial charge in [-0.3, -0.25) is 9.36 Å². The van der Waals surface area contributed by atoms with Gasteiger partial charge in [0.2, 0.25) is 5.91 Å². The number of unbranched alkanes of at least 4 members (excludes halogenated alkanes) is 1. The van der Waals surface area contributed by atoms with Crippen LogP contribution in [0.5, 0.6) is 0 Å². The molecule has 0 bridgehead atoms. The summed E-state index contributed by atoms with van der Waals surface area (Å²) in [5.41, 5.74) is -0.279. The molecule has 8 nitrogen and oxygen atoms in total. The van der Waals surface area contributed by atoms with Crippen LogP contribution in [0.2, 0.25) is 0 Å². The minimum atomic E-state index is -0.279. The first kappa shape index (κ1) is 18.8. The Balaban J connectivity index is 2.64. The monoisotopic (exact) mass is 336 g/mol. The first-order valence-electron chi connectivity index (χ1n) is 7.43. The smallest absolute Gasteiger partial charge is 0.340 e. The van der Waals surface area contributed by atoms with Crippen molar-refractivity contribution in [3.8, 4) is 12.1 Å². The average Bonchev–Trinajstić information content (AvgIpc) is 2.90. The normalized spacial score (nSPS) is 10.0. The molecule has 1 heterocycles. The van der Waals surface area contributed by atoms with Crippen molar-refractivity contribution < 1.29 is 4.79 Å². The van der Waals surface area contributed by atoms with Crippen LogP contribution >= 0.6 is 11.8 Å². The van der Waals surface area contributed by atoms with Gasteiger partial charge in [-0.15, -0.1) is 5.10 Å². The van der Waals surface area contributed by atoms with E-state index in [1.807, 2.05) is 19.1 Å². The van der Waals surface area contributed by atoms with Crippen LogP contribution in [-0.2, 0) is 11.3 Å². The van der Waals surface area contributed by atoms with Crippen LogP contribution in [0.1, 0.15) is 32.6 Å². The zero-order valence-corrected chi connectivity index (χ0v) is 13.9. The molecule has 1 amide bonds. The lowest BCUT2D eigenvalue weighted by atomic mass is 10.3. The van der Waals surface area contributed by atoms with E-state index in [4.69, 9.17) is 10.5 Å². The van der Waals surface area contributed by atoms with Gasteiger partial charge in [0.15, 0.2) is 5.16 Å². The molecule has 0 atom stereocenters. The maximum atomic E-state index is 12.2. The minimum Gasteiger partial charge on any atom is -0.340 e. The van der Waals surface area contributed by atoms with Crippen LogP contribution in [-0.4, -0.2) is 44.4 Å². The molecule has 1 N–H and O–H groups in total. The summed E-state index contributed by atoms with van der Waals surface area (Å²) in [5, 5.41) is 24.1. The number of hydrogen-bond donors (Lipinski definition) is 1. The Morgan fingerprint density at radius 3 is 2.57 bits per heavy atom. The average molecular weight is 336 g/mol. The SMILES string of the molecule is CCCCn1c(SCC(=O)N(CCC#N)CCC#N)n[nH]c1=O. The molecule has 0 fully saturated rings. The summed E-state index contributed by atoms with van der Waals surface area (Å²) in [6.45, 7) is 3.21. The molecule has 1 rings (SSSR count). The summed E-state index contributed by atoms with van der Waals surface area (Å²) >= 11 is 1.19. The van der Waals surface area contributed by atoms with E-state index in [0.29, 0.717) is 24.8 Å². The molecule has 1 aromatic rings. The van der Waals surface area contributed by atoms with Crippen LogP contribution < -0.4 is 5.69 Å². The molecule has 0 spiro atoms. The van der Waals surface area contributed by atoms with Gasteiger partial charge in [-0.2, -0.15) is 10.5 Å². The van der Waals surface area contributed by atoms with Gasteiger partial charge in [-0.1, -0.05) is 25.1 Å². The zero-order chi connectivity index (χ0) is 17.1. The first-order valence-corrected chi connectivity index (χ1v) is 8.42. The maximum absolute atomic E-state index is 12.2. The van der Waals surface area contributed by atoms with Gasteiger partial charge in [0.1, 0.15) is 0 Å². The number of aromatic amines is 1. The Bertz CT molecular complexity index is 621. The van der Waals surface area contributed by atoms with E-state index in [1.165, 1.54) is 21.2 Å². The standard InChI is InChI=1S/C14H20N6O2S/c1-2-3-10-20-13(22)17-18-14(20)23-11-12(21)19(8-4-6-15)9-5-7-16/h2-5,8-11H2,1H3,(H,17,22). The Morgan fingerprint density at radius 1 is 1.35 bits per heavy atom. The van der Waals surface area contributed by atoms with Gasteiger partial charge in [0, 0.05) is 19.6 Å². The number of nitriles is 2. The van der Waals surface area contributed by atoms with Crippen LogP contribution in [0.3, 0.4) is 0 Å². The van der Waals surface area contributed by atoms with Crippen LogP contribution in [0.25, 0.3) is 0 Å². The number of amides is 1. The molecule has 23 heavy (non-hydrogen) atoms. The van der Waals surface area contributed by atoms with Crippen molar-refractivity contribution in [3.63, 3.8) is 0 Å². The highest BCUT2D eigenvalue weighted by atomic mass is 32.2. The van der Waals surface area contributed by atoms with Gasteiger partial charge in [-0.25, -0.2) is 9.89 Å². The van der Waals surface area contributed by atoms with Crippen LogP contribution in [0.15, 0.2) is 9.95 Å². The van der Waals surface area contributed by atoms with Crippen molar-refractivity contribution in [1.29, 1.82) is 10.5 Å². The third kappa shape index (κ3) is 6.17. The van der Waals surface area contributed by atoms with E-state index in [9.17, 15) is 9.59 Å². The summed E-state index contributed by atoms with van der Waals surface area (Å²) in [6, 6.07) is 3.98. The molecule has 0 aliphatic heterocycles. The topological polar surface area (TPSA) is 119 Å². The summed E-state index contributed by atoms with van der Waals surface area (Å²) in [6.07, 6.45) is 2.27. The minimum absolute atomic E-state index is 0.118. The van der Waals surface area contributed by atoms with Gasteiger partial charge in [0.25, 0.3) is 0 Å². The summed E-state index contributed by atoms with van der Waals surface area (Å²) in [5.74, 6) is -0.0502. The molecule has 0 radical (unpaired) electrons. The second-order valence-electron chi connectivity index (χ2n) is 4.80. The highest BCUT2D eigenvalue weighted by Crippen LogP contribution is 2.15. The Kier molecular flexibility index (Phi) is 8.55. The Labute approximate surface area is 139 Å². The highest BCUT2D eigenvalue weighted by Gasteiger charge is 2.16. The summed E-state index contributed by atoms with van der Waals surface area (Å²) in [4.78, 5) is 25.4. The summed E-state index contributed by atoms with van der Waals surface area (Å²) < 4.78 is 1.52. The van der Waals surface area contributed by atoms with Gasteiger partial charge in [0.05, 0.1) is 30.7 Å². The van der Waals surface area contributed by atoms with Gasteiger partial charge in [-0.05, 0) is 6.42 Å². The third-order valence-electron chi connectivity index (χ3n) is 3.12. The molecule has 0 saturated heterocycles. The molecule has 124 valence electrons. The molecule has 0 saturated carbocycles. The van der Waals surface area contributed by atoms with E-state index in [1.54, 1.807) is 0 Å². The first-order chi connectivity index (χ1) is 11.1. The fourth-order valence-corrected chi connectivity index (χ4v) is 2.75. The van der Waals surface area contributed by atoms with Crippen molar-refractivity contribution in [1.82, 2.24) is 19.7 Å². The lowest BCUT2D eigenvalue weighted by Crippen LogP contribution is -2.34. The Morgan fingerprint density at radius 2 is 2.00 bits per heavy atom. The number of carbonyl (C=O) groups is 1. The Hall–Kier alpha value is -2.26.